The molecule has 2 aromatic rings. The van der Waals surface area contributed by atoms with Crippen molar-refractivity contribution in [1.82, 2.24) is 0 Å². The number of hydrogen-bond acceptors (Lipinski definition) is 5. The van der Waals surface area contributed by atoms with Gasteiger partial charge < -0.3 is 13.9 Å². The molecule has 0 heterocycles. The topological polar surface area (TPSA) is 61.8 Å². The van der Waals surface area contributed by atoms with Gasteiger partial charge in [0.2, 0.25) is 0 Å². The van der Waals surface area contributed by atoms with Crippen molar-refractivity contribution in [3.8, 4) is 11.5 Å². The Bertz CT molecular complexity index is 1190. The van der Waals surface area contributed by atoms with Crippen molar-refractivity contribution in [2.24, 2.45) is 0 Å². The molecule has 4 rings (SSSR count). The van der Waals surface area contributed by atoms with Crippen LogP contribution in [-0.4, -0.2) is 34.1 Å². The number of hydrogen-bond donors (Lipinski definition) is 0. The maximum absolute atomic E-state index is 13.7. The Morgan fingerprint density at radius 2 is 1.45 bits per heavy atom. The molecule has 0 bridgehead atoms. The molecular weight excluding hydrogens is 432 g/mol. The zero-order chi connectivity index (χ0) is 24.3. The number of carbonyl (C=O) groups is 2. The standard InChI is InChI=1S/C27H32O5Si/c1-15-13-18-20(19(14-15)32-33(7,8)27(2,3)4)26(31-6)22-21(25(18)30-5)23(28)16-11-9-10-12-17(16)24(22)29/h9-12,19H,1,13-14H2,2-8H3/t19-/m0/s1. The molecular formula is C27H32O5Si. The molecule has 33 heavy (non-hydrogen) atoms. The summed E-state index contributed by atoms with van der Waals surface area (Å²) in [5, 5.41) is 0.00218. The van der Waals surface area contributed by atoms with Gasteiger partial charge >= 0.3 is 0 Å². The normalized spacial score (nSPS) is 17.9. The molecule has 0 amide bonds. The van der Waals surface area contributed by atoms with Crippen LogP contribution in [-0.2, 0) is 10.8 Å². The van der Waals surface area contributed by atoms with Gasteiger partial charge in [0.1, 0.15) is 11.5 Å². The van der Waals surface area contributed by atoms with E-state index in [2.05, 4.69) is 40.4 Å². The third kappa shape index (κ3) is 3.56. The quantitative estimate of drug-likeness (QED) is 0.348. The third-order valence-electron chi connectivity index (χ3n) is 7.29. The van der Waals surface area contributed by atoms with Gasteiger partial charge in [-0.25, -0.2) is 0 Å². The zero-order valence-electron chi connectivity index (χ0n) is 20.5. The van der Waals surface area contributed by atoms with E-state index in [0.29, 0.717) is 35.5 Å². The summed E-state index contributed by atoms with van der Waals surface area (Å²) in [5.74, 6) is 0.396. The van der Waals surface area contributed by atoms with Gasteiger partial charge in [0.25, 0.3) is 0 Å². The van der Waals surface area contributed by atoms with Crippen LogP contribution in [0.4, 0.5) is 0 Å². The van der Waals surface area contributed by atoms with Gasteiger partial charge in [-0.15, -0.1) is 0 Å². The molecule has 0 fully saturated rings. The average Bonchev–Trinajstić information content (AvgIpc) is 2.74. The van der Waals surface area contributed by atoms with E-state index in [9.17, 15) is 9.59 Å². The first kappa shape index (κ1) is 23.5. The molecule has 2 aromatic carbocycles. The highest BCUT2D eigenvalue weighted by Gasteiger charge is 2.45. The lowest BCUT2D eigenvalue weighted by atomic mass is 9.76. The smallest absolute Gasteiger partial charge is 0.198 e. The summed E-state index contributed by atoms with van der Waals surface area (Å²) in [6, 6.07) is 6.91. The fourth-order valence-electron chi connectivity index (χ4n) is 4.63. The Morgan fingerprint density at radius 3 is 1.94 bits per heavy atom. The van der Waals surface area contributed by atoms with Crippen molar-refractivity contribution in [3.63, 3.8) is 0 Å². The maximum atomic E-state index is 13.7. The van der Waals surface area contributed by atoms with Gasteiger partial charge in [-0.2, -0.15) is 0 Å². The van der Waals surface area contributed by atoms with E-state index in [1.807, 2.05) is 0 Å². The molecule has 0 spiro atoms. The maximum Gasteiger partial charge on any atom is 0.198 e. The minimum Gasteiger partial charge on any atom is -0.496 e. The van der Waals surface area contributed by atoms with Crippen LogP contribution >= 0.6 is 0 Å². The summed E-state index contributed by atoms with van der Waals surface area (Å²) in [5.41, 5.74) is 3.96. The van der Waals surface area contributed by atoms with E-state index in [4.69, 9.17) is 13.9 Å². The molecule has 0 saturated heterocycles. The molecule has 2 aliphatic rings. The van der Waals surface area contributed by atoms with Gasteiger partial charge in [0.15, 0.2) is 19.9 Å². The van der Waals surface area contributed by atoms with E-state index in [1.54, 1.807) is 38.5 Å². The second-order valence-electron chi connectivity index (χ2n) is 10.4. The first-order valence-electron chi connectivity index (χ1n) is 11.3. The van der Waals surface area contributed by atoms with E-state index in [0.717, 1.165) is 16.7 Å². The summed E-state index contributed by atoms with van der Waals surface area (Å²) in [6.45, 7) is 15.3. The summed E-state index contributed by atoms with van der Waals surface area (Å²) in [7, 11) is 0.926. The highest BCUT2D eigenvalue weighted by molar-refractivity contribution is 6.74. The van der Waals surface area contributed by atoms with Crippen molar-refractivity contribution < 1.29 is 23.5 Å². The average molecular weight is 465 g/mol. The van der Waals surface area contributed by atoms with Crippen LogP contribution in [0.25, 0.3) is 0 Å². The van der Waals surface area contributed by atoms with E-state index in [1.165, 1.54) is 0 Å². The Morgan fingerprint density at radius 1 is 0.939 bits per heavy atom. The molecule has 0 unspecified atom stereocenters. The second-order valence-corrected chi connectivity index (χ2v) is 15.2. The van der Waals surface area contributed by atoms with Gasteiger partial charge in [-0.3, -0.25) is 9.59 Å². The van der Waals surface area contributed by atoms with E-state index < -0.39 is 8.32 Å². The predicted molar refractivity (Wildman–Crippen MR) is 131 cm³/mol. The predicted octanol–water partition coefficient (Wildman–Crippen LogP) is 6.04. The molecule has 0 saturated carbocycles. The van der Waals surface area contributed by atoms with Crippen molar-refractivity contribution in [2.75, 3.05) is 14.2 Å². The minimum absolute atomic E-state index is 0.00218. The van der Waals surface area contributed by atoms with Crippen LogP contribution < -0.4 is 9.47 Å². The molecule has 1 atom stereocenters. The number of benzene rings is 2. The molecule has 0 aromatic heterocycles. The van der Waals surface area contributed by atoms with Crippen LogP contribution in [0.1, 0.15) is 76.3 Å². The lowest BCUT2D eigenvalue weighted by molar-refractivity contribution is 0.0972. The molecule has 0 radical (unpaired) electrons. The van der Waals surface area contributed by atoms with Crippen LogP contribution in [0, 0.1) is 0 Å². The van der Waals surface area contributed by atoms with Crippen molar-refractivity contribution in [3.05, 3.63) is 69.8 Å². The van der Waals surface area contributed by atoms with Crippen LogP contribution in [0.15, 0.2) is 36.4 Å². The van der Waals surface area contributed by atoms with Gasteiger partial charge in [-0.1, -0.05) is 57.2 Å². The number of rotatable bonds is 4. The van der Waals surface area contributed by atoms with Gasteiger partial charge in [0, 0.05) is 22.3 Å². The highest BCUT2D eigenvalue weighted by atomic mass is 28.4. The summed E-state index contributed by atoms with van der Waals surface area (Å²) in [4.78, 5) is 27.2. The van der Waals surface area contributed by atoms with Gasteiger partial charge in [0.05, 0.1) is 31.5 Å². The number of fused-ring (bicyclic) bond motifs is 3. The second kappa shape index (κ2) is 7.96. The largest absolute Gasteiger partial charge is 0.496 e. The third-order valence-corrected chi connectivity index (χ3v) is 11.8. The number of carbonyl (C=O) groups excluding carboxylic acids is 2. The highest BCUT2D eigenvalue weighted by Crippen LogP contribution is 2.52. The lowest BCUT2D eigenvalue weighted by Gasteiger charge is -2.42. The fourth-order valence-corrected chi connectivity index (χ4v) is 5.89. The first-order chi connectivity index (χ1) is 15.4. The summed E-state index contributed by atoms with van der Waals surface area (Å²) in [6.07, 6.45) is 0.857. The Labute approximate surface area is 196 Å². The molecule has 174 valence electrons. The molecule has 0 N–H and O–H groups in total. The molecule has 5 nitrogen and oxygen atoms in total. The van der Waals surface area contributed by atoms with Crippen molar-refractivity contribution in [2.45, 2.75) is 57.8 Å². The van der Waals surface area contributed by atoms with Crippen LogP contribution in [0.5, 0.6) is 11.5 Å². The SMILES string of the molecule is C=C1Cc2c(OC)c3c(c(OC)c2[C@@H](O[Si](C)(C)C(C)(C)C)C1)C(=O)c1ccccc1C3=O. The summed E-state index contributed by atoms with van der Waals surface area (Å²) >= 11 is 0. The van der Waals surface area contributed by atoms with E-state index >= 15 is 0 Å². The molecule has 2 aliphatic carbocycles. The van der Waals surface area contributed by atoms with Crippen LogP contribution in [0.3, 0.4) is 0 Å². The Balaban J connectivity index is 2.02. The Kier molecular flexibility index (Phi) is 5.66. The van der Waals surface area contributed by atoms with Crippen LogP contribution in [0.2, 0.25) is 18.1 Å². The zero-order valence-corrected chi connectivity index (χ0v) is 21.5. The Hall–Kier alpha value is -2.70. The van der Waals surface area contributed by atoms with Crippen molar-refractivity contribution >= 4 is 19.9 Å². The minimum atomic E-state index is -2.17. The lowest BCUT2D eigenvalue weighted by Crippen LogP contribution is -2.42. The monoisotopic (exact) mass is 464 g/mol. The summed E-state index contributed by atoms with van der Waals surface area (Å²) < 4.78 is 18.6. The fraction of sp³-hybridized carbons (Fsp3) is 0.407. The number of methoxy groups -OCH3 is 2. The van der Waals surface area contributed by atoms with Gasteiger partial charge in [-0.05, 0) is 31.0 Å². The van der Waals surface area contributed by atoms with E-state index in [-0.39, 0.29) is 33.8 Å². The molecule has 0 aliphatic heterocycles. The first-order valence-corrected chi connectivity index (χ1v) is 14.2. The number of ether oxygens (including phenoxy) is 2. The number of ketones is 2. The van der Waals surface area contributed by atoms with Crippen molar-refractivity contribution in [1.29, 1.82) is 0 Å². The molecule has 6 heteroatoms.